The minimum Gasteiger partial charge on any atom is -0.378 e. The molecule has 3 rings (SSSR count). The van der Waals surface area contributed by atoms with Crippen molar-refractivity contribution in [3.05, 3.63) is 71.7 Å². The van der Waals surface area contributed by atoms with Crippen molar-refractivity contribution in [1.29, 1.82) is 0 Å². The van der Waals surface area contributed by atoms with Crippen molar-refractivity contribution in [2.45, 2.75) is 0 Å². The van der Waals surface area contributed by atoms with Gasteiger partial charge in [-0.2, -0.15) is 0 Å². The van der Waals surface area contributed by atoms with Crippen LogP contribution in [0.2, 0.25) is 0 Å². The Morgan fingerprint density at radius 3 is 2.41 bits per heavy atom. The standard InChI is InChI=1S/C19H17FN2/c1-22(2)18-10-4-14(5-11-18)3-8-17-9-6-15-13-16(20)7-12-19(15)21-17/h3-13H,1-2H3/b8-3+. The molecule has 0 aliphatic rings. The van der Waals surface area contributed by atoms with E-state index in [0.29, 0.717) is 0 Å². The first-order chi connectivity index (χ1) is 10.6. The average Bonchev–Trinajstić information content (AvgIpc) is 2.53. The van der Waals surface area contributed by atoms with Crippen molar-refractivity contribution >= 4 is 28.7 Å². The molecular weight excluding hydrogens is 275 g/mol. The number of benzene rings is 2. The number of nitrogens with zero attached hydrogens (tertiary/aromatic N) is 2. The lowest BCUT2D eigenvalue weighted by atomic mass is 10.1. The lowest BCUT2D eigenvalue weighted by Gasteiger charge is -2.11. The molecule has 0 spiro atoms. The molecule has 0 saturated heterocycles. The summed E-state index contributed by atoms with van der Waals surface area (Å²) in [7, 11) is 4.04. The van der Waals surface area contributed by atoms with Crippen molar-refractivity contribution in [2.24, 2.45) is 0 Å². The van der Waals surface area contributed by atoms with Crippen LogP contribution >= 0.6 is 0 Å². The third kappa shape index (κ3) is 3.14. The van der Waals surface area contributed by atoms with Crippen LogP contribution in [0.3, 0.4) is 0 Å². The van der Waals surface area contributed by atoms with Crippen molar-refractivity contribution in [3.8, 4) is 0 Å². The van der Waals surface area contributed by atoms with E-state index in [1.807, 2.05) is 38.4 Å². The summed E-state index contributed by atoms with van der Waals surface area (Å²) in [5, 5.41) is 0.812. The smallest absolute Gasteiger partial charge is 0.123 e. The van der Waals surface area contributed by atoms with E-state index in [4.69, 9.17) is 0 Å². The lowest BCUT2D eigenvalue weighted by Crippen LogP contribution is -2.07. The largest absolute Gasteiger partial charge is 0.378 e. The van der Waals surface area contributed by atoms with Gasteiger partial charge in [0.25, 0.3) is 0 Å². The second kappa shape index (κ2) is 5.98. The number of aromatic nitrogens is 1. The summed E-state index contributed by atoms with van der Waals surface area (Å²) in [6.07, 6.45) is 3.99. The number of hydrogen-bond donors (Lipinski definition) is 0. The molecule has 0 aliphatic heterocycles. The Kier molecular flexibility index (Phi) is 3.88. The SMILES string of the molecule is CN(C)c1ccc(/C=C/c2ccc3cc(F)ccc3n2)cc1. The molecule has 2 aromatic carbocycles. The molecule has 1 aromatic heterocycles. The fourth-order valence-corrected chi connectivity index (χ4v) is 2.27. The van der Waals surface area contributed by atoms with Gasteiger partial charge in [0.15, 0.2) is 0 Å². The van der Waals surface area contributed by atoms with Gasteiger partial charge >= 0.3 is 0 Å². The summed E-state index contributed by atoms with van der Waals surface area (Å²) < 4.78 is 13.2. The maximum atomic E-state index is 13.2. The molecule has 0 N–H and O–H groups in total. The van der Waals surface area contributed by atoms with Crippen LogP contribution in [0.25, 0.3) is 23.1 Å². The summed E-state index contributed by atoms with van der Waals surface area (Å²) in [5.74, 6) is -0.237. The van der Waals surface area contributed by atoms with Crippen molar-refractivity contribution in [2.75, 3.05) is 19.0 Å². The summed E-state index contributed by atoms with van der Waals surface area (Å²) in [4.78, 5) is 6.58. The van der Waals surface area contributed by atoms with Gasteiger partial charge in [0, 0.05) is 25.2 Å². The number of halogens is 1. The Hall–Kier alpha value is -2.68. The van der Waals surface area contributed by atoms with E-state index < -0.39 is 0 Å². The molecule has 0 fully saturated rings. The number of rotatable bonds is 3. The summed E-state index contributed by atoms with van der Waals surface area (Å²) in [6.45, 7) is 0. The first kappa shape index (κ1) is 14.3. The van der Waals surface area contributed by atoms with E-state index >= 15 is 0 Å². The molecule has 2 nitrogen and oxygen atoms in total. The highest BCUT2D eigenvalue weighted by Crippen LogP contribution is 2.17. The summed E-state index contributed by atoms with van der Waals surface area (Å²) in [5.41, 5.74) is 3.94. The molecule has 0 bridgehead atoms. The van der Waals surface area contributed by atoms with Gasteiger partial charge in [0.05, 0.1) is 11.2 Å². The van der Waals surface area contributed by atoms with Crippen LogP contribution in [0.5, 0.6) is 0 Å². The van der Waals surface area contributed by atoms with Crippen LogP contribution in [0, 0.1) is 5.82 Å². The molecule has 0 saturated carbocycles. The molecule has 3 aromatic rings. The Balaban J connectivity index is 1.84. The predicted octanol–water partition coefficient (Wildman–Crippen LogP) is 4.61. The van der Waals surface area contributed by atoms with Gasteiger partial charge in [-0.15, -0.1) is 0 Å². The monoisotopic (exact) mass is 292 g/mol. The molecule has 110 valence electrons. The van der Waals surface area contributed by atoms with Gasteiger partial charge in [-0.05, 0) is 48.0 Å². The van der Waals surface area contributed by atoms with Gasteiger partial charge < -0.3 is 4.90 Å². The number of anilines is 1. The topological polar surface area (TPSA) is 16.1 Å². The first-order valence-corrected chi connectivity index (χ1v) is 7.13. The average molecular weight is 292 g/mol. The van der Waals surface area contributed by atoms with Crippen molar-refractivity contribution in [3.63, 3.8) is 0 Å². The summed E-state index contributed by atoms with van der Waals surface area (Å²) >= 11 is 0. The lowest BCUT2D eigenvalue weighted by molar-refractivity contribution is 0.629. The Labute approximate surface area is 129 Å². The van der Waals surface area contributed by atoms with Gasteiger partial charge in [-0.3, -0.25) is 0 Å². The molecule has 0 atom stereocenters. The molecule has 1 heterocycles. The van der Waals surface area contributed by atoms with Gasteiger partial charge in [0.1, 0.15) is 5.82 Å². The highest BCUT2D eigenvalue weighted by molar-refractivity contribution is 5.81. The van der Waals surface area contributed by atoms with E-state index in [2.05, 4.69) is 34.1 Å². The quantitative estimate of drug-likeness (QED) is 0.700. The Bertz CT molecular complexity index is 820. The molecule has 22 heavy (non-hydrogen) atoms. The molecule has 0 aliphatic carbocycles. The zero-order valence-corrected chi connectivity index (χ0v) is 12.6. The van der Waals surface area contributed by atoms with Crippen LogP contribution in [0.4, 0.5) is 10.1 Å². The van der Waals surface area contributed by atoms with Crippen molar-refractivity contribution in [1.82, 2.24) is 4.98 Å². The van der Waals surface area contributed by atoms with Crippen LogP contribution < -0.4 is 4.90 Å². The van der Waals surface area contributed by atoms with Gasteiger partial charge in [-0.25, -0.2) is 9.37 Å². The molecule has 0 amide bonds. The van der Waals surface area contributed by atoms with E-state index in [9.17, 15) is 4.39 Å². The zero-order valence-electron chi connectivity index (χ0n) is 12.6. The molecule has 3 heteroatoms. The first-order valence-electron chi connectivity index (χ1n) is 7.13. The summed E-state index contributed by atoms with van der Waals surface area (Å²) in [6, 6.07) is 16.7. The van der Waals surface area contributed by atoms with Gasteiger partial charge in [-0.1, -0.05) is 24.3 Å². The second-order valence-electron chi connectivity index (χ2n) is 5.39. The third-order valence-corrected chi connectivity index (χ3v) is 3.53. The van der Waals surface area contributed by atoms with Crippen LogP contribution in [0.15, 0.2) is 54.6 Å². The van der Waals surface area contributed by atoms with E-state index in [-0.39, 0.29) is 5.82 Å². The Morgan fingerprint density at radius 1 is 0.909 bits per heavy atom. The minimum atomic E-state index is -0.237. The molecule has 0 unspecified atom stereocenters. The van der Waals surface area contributed by atoms with Crippen LogP contribution in [0.1, 0.15) is 11.3 Å². The maximum absolute atomic E-state index is 13.2. The number of hydrogen-bond acceptors (Lipinski definition) is 2. The molecule has 0 radical (unpaired) electrons. The zero-order chi connectivity index (χ0) is 15.5. The third-order valence-electron chi connectivity index (χ3n) is 3.53. The normalized spacial score (nSPS) is 11.2. The van der Waals surface area contributed by atoms with E-state index in [1.54, 1.807) is 6.07 Å². The predicted molar refractivity (Wildman–Crippen MR) is 91.4 cm³/mol. The van der Waals surface area contributed by atoms with Gasteiger partial charge in [0.2, 0.25) is 0 Å². The second-order valence-corrected chi connectivity index (χ2v) is 5.39. The number of pyridine rings is 1. The minimum absolute atomic E-state index is 0.237. The Morgan fingerprint density at radius 2 is 1.68 bits per heavy atom. The van der Waals surface area contributed by atoms with E-state index in [0.717, 1.165) is 22.2 Å². The fraction of sp³-hybridized carbons (Fsp3) is 0.105. The number of fused-ring (bicyclic) bond motifs is 1. The van der Waals surface area contributed by atoms with Crippen LogP contribution in [-0.4, -0.2) is 19.1 Å². The van der Waals surface area contributed by atoms with E-state index in [1.165, 1.54) is 17.8 Å². The maximum Gasteiger partial charge on any atom is 0.123 e. The fourth-order valence-electron chi connectivity index (χ4n) is 2.27. The van der Waals surface area contributed by atoms with Crippen molar-refractivity contribution < 1.29 is 4.39 Å². The van der Waals surface area contributed by atoms with Crippen LogP contribution in [-0.2, 0) is 0 Å². The highest BCUT2D eigenvalue weighted by atomic mass is 19.1. The molecular formula is C19H17FN2. The highest BCUT2D eigenvalue weighted by Gasteiger charge is 1.98.